The van der Waals surface area contributed by atoms with Gasteiger partial charge >= 0.3 is 0 Å². The Labute approximate surface area is 254 Å². The van der Waals surface area contributed by atoms with Gasteiger partial charge in [0.2, 0.25) is 0 Å². The van der Waals surface area contributed by atoms with Gasteiger partial charge < -0.3 is 17.0 Å². The van der Waals surface area contributed by atoms with Crippen molar-refractivity contribution >= 4 is 67.9 Å². The normalized spacial score (nSPS) is 10.9. The number of halogens is 4. The predicted octanol–water partition coefficient (Wildman–Crippen LogP) is 6.15. The van der Waals surface area contributed by atoms with Crippen LogP contribution < -0.4 is 32.9 Å². The first-order valence-corrected chi connectivity index (χ1v) is 15.6. The van der Waals surface area contributed by atoms with Crippen molar-refractivity contribution < 1.29 is 17.0 Å². The lowest BCUT2D eigenvalue weighted by Gasteiger charge is -2.28. The molecule has 190 valence electrons. The van der Waals surface area contributed by atoms with Gasteiger partial charge in [-0.3, -0.25) is 0 Å². The molecule has 0 N–H and O–H groups in total. The first-order valence-electron chi connectivity index (χ1n) is 12.0. The fourth-order valence-electron chi connectivity index (χ4n) is 4.77. The van der Waals surface area contributed by atoms with Gasteiger partial charge in [-0.2, -0.15) is 0 Å². The van der Waals surface area contributed by atoms with Gasteiger partial charge in [-0.1, -0.05) is 118 Å². The van der Waals surface area contributed by atoms with E-state index in [0.717, 1.165) is 37.4 Å². The van der Waals surface area contributed by atoms with Gasteiger partial charge in [-0.25, -0.2) is 0 Å². The van der Waals surface area contributed by atoms with E-state index in [2.05, 4.69) is 131 Å². The number of rotatable bonds is 7. The molecule has 0 aliphatic carbocycles. The van der Waals surface area contributed by atoms with Crippen LogP contribution in [0.5, 0.6) is 0 Å². The van der Waals surface area contributed by atoms with E-state index in [1.54, 1.807) is 0 Å². The summed E-state index contributed by atoms with van der Waals surface area (Å²) in [5, 5.41) is 5.47. The highest BCUT2D eigenvalue weighted by atomic mass is 79.9. The van der Waals surface area contributed by atoms with E-state index < -0.39 is 7.26 Å². The molecule has 0 saturated heterocycles. The van der Waals surface area contributed by atoms with Crippen molar-refractivity contribution in [1.82, 2.24) is 0 Å². The van der Waals surface area contributed by atoms with Crippen LogP contribution in [0.3, 0.4) is 0 Å². The molecule has 38 heavy (non-hydrogen) atoms. The highest BCUT2D eigenvalue weighted by Gasteiger charge is 2.46. The van der Waals surface area contributed by atoms with Crippen LogP contribution in [0.25, 0.3) is 5.57 Å². The minimum atomic E-state index is -2.08. The predicted molar refractivity (Wildman–Crippen MR) is 168 cm³/mol. The Balaban J connectivity index is 0.00000336. The zero-order valence-corrected chi connectivity index (χ0v) is 26.0. The van der Waals surface area contributed by atoms with E-state index in [1.807, 2.05) is 24.3 Å². The molecule has 0 nitrogen and oxygen atoms in total. The van der Waals surface area contributed by atoms with Crippen molar-refractivity contribution in [2.45, 2.75) is 0 Å². The molecule has 0 saturated carbocycles. The van der Waals surface area contributed by atoms with Crippen molar-refractivity contribution in [2.24, 2.45) is 0 Å². The Morgan fingerprint density at radius 2 is 0.816 bits per heavy atom. The van der Waals surface area contributed by atoms with Crippen LogP contribution in [0.2, 0.25) is 10.0 Å². The van der Waals surface area contributed by atoms with Crippen LogP contribution in [0.4, 0.5) is 0 Å². The van der Waals surface area contributed by atoms with Crippen molar-refractivity contribution in [3.8, 4) is 0 Å². The van der Waals surface area contributed by atoms with Crippen LogP contribution in [-0.4, -0.2) is 6.16 Å². The summed E-state index contributed by atoms with van der Waals surface area (Å²) in [6.07, 6.45) is 0.825. The van der Waals surface area contributed by atoms with Crippen molar-refractivity contribution in [3.05, 3.63) is 165 Å². The molecule has 0 atom stereocenters. The smallest absolute Gasteiger partial charge is 0.117 e. The topological polar surface area (TPSA) is 0 Å². The molecule has 5 rings (SSSR count). The molecule has 0 aliphatic rings. The third-order valence-electron chi connectivity index (χ3n) is 6.50. The number of allylic oxidation sites excluding steroid dienone is 1. The Bertz CT molecular complexity index is 1340. The van der Waals surface area contributed by atoms with Gasteiger partial charge in [0.05, 0.1) is 0 Å². The average molecular weight is 683 g/mol. The highest BCUT2D eigenvalue weighted by molar-refractivity contribution is 9.12. The molecule has 5 heteroatoms. The second kappa shape index (κ2) is 13.2. The van der Waals surface area contributed by atoms with Gasteiger partial charge in [0.1, 0.15) is 29.3 Å². The average Bonchev–Trinajstić information content (AvgIpc) is 2.95. The molecule has 0 bridgehead atoms. The van der Waals surface area contributed by atoms with E-state index in [1.165, 1.54) is 15.9 Å². The Hall–Kier alpha value is -2.19. The molecule has 0 spiro atoms. The molecule has 0 unspecified atom stereocenters. The summed E-state index contributed by atoms with van der Waals surface area (Å²) in [7, 11) is -2.08. The first-order chi connectivity index (χ1) is 18.1. The summed E-state index contributed by atoms with van der Waals surface area (Å²) in [6.45, 7) is 0. The summed E-state index contributed by atoms with van der Waals surface area (Å²) < 4.78 is 1.14. The molecular formula is C33H25Br2Cl2P. The zero-order chi connectivity index (χ0) is 25.7. The maximum Gasteiger partial charge on any atom is 0.117 e. The minimum absolute atomic E-state index is 0. The van der Waals surface area contributed by atoms with Gasteiger partial charge in [0.15, 0.2) is 0 Å². The maximum atomic E-state index is 6.27. The largest absolute Gasteiger partial charge is 1.00 e. The summed E-state index contributed by atoms with van der Waals surface area (Å²) in [5.74, 6) is 0. The summed E-state index contributed by atoms with van der Waals surface area (Å²) >= 11 is 16.7. The second-order valence-corrected chi connectivity index (χ2v) is 14.1. The number of hydrogen-bond acceptors (Lipinski definition) is 0. The molecule has 0 radical (unpaired) electrons. The van der Waals surface area contributed by atoms with Gasteiger partial charge in [0.25, 0.3) is 0 Å². The second-order valence-electron chi connectivity index (χ2n) is 8.77. The van der Waals surface area contributed by atoms with Crippen molar-refractivity contribution in [2.75, 3.05) is 6.16 Å². The standard InChI is InChI=1S/C33H25BrCl2P.BrH/c34-32(33(25-16-20-27(35)21-17-25)26-18-22-28(36)23-19-26)24-37(29-10-4-1-5-11-29,30-12-6-2-7-13-30)31-14-8-3-9-15-31;/h1-23H,24H2;1H/q+1;/p-1. The zero-order valence-electron chi connectivity index (χ0n) is 20.4. The number of hydrogen-bond donors (Lipinski definition) is 0. The van der Waals surface area contributed by atoms with Crippen LogP contribution in [-0.2, 0) is 0 Å². The molecule has 0 fully saturated rings. The van der Waals surface area contributed by atoms with Crippen LogP contribution in [0, 0.1) is 0 Å². The van der Waals surface area contributed by atoms with Crippen LogP contribution >= 0.6 is 46.4 Å². The highest BCUT2D eigenvalue weighted by Crippen LogP contribution is 2.58. The van der Waals surface area contributed by atoms with E-state index in [0.29, 0.717) is 0 Å². The molecular weight excluding hydrogens is 658 g/mol. The lowest BCUT2D eigenvalue weighted by Crippen LogP contribution is -3.00. The van der Waals surface area contributed by atoms with Crippen molar-refractivity contribution in [1.29, 1.82) is 0 Å². The molecule has 0 aromatic heterocycles. The van der Waals surface area contributed by atoms with E-state index in [9.17, 15) is 0 Å². The molecule has 0 aliphatic heterocycles. The molecule has 0 heterocycles. The molecule has 0 amide bonds. The fraction of sp³-hybridized carbons (Fsp3) is 0.0303. The van der Waals surface area contributed by atoms with E-state index in [-0.39, 0.29) is 17.0 Å². The quantitative estimate of drug-likeness (QED) is 0.181. The molecule has 5 aromatic rings. The SMILES string of the molecule is Clc1ccc(C(=C(Br)C[P+](c2ccccc2)(c2ccccc2)c2ccccc2)c2ccc(Cl)cc2)cc1.[Br-]. The maximum absolute atomic E-state index is 6.27. The third-order valence-corrected chi connectivity index (χ3v) is 12.4. The van der Waals surface area contributed by atoms with Gasteiger partial charge in [-0.15, -0.1) is 0 Å². The van der Waals surface area contributed by atoms with E-state index in [4.69, 9.17) is 23.2 Å². The minimum Gasteiger partial charge on any atom is -1.00 e. The third kappa shape index (κ3) is 6.17. The number of benzene rings is 5. The monoisotopic (exact) mass is 680 g/mol. The summed E-state index contributed by atoms with van der Waals surface area (Å²) in [4.78, 5) is 0. The van der Waals surface area contributed by atoms with Crippen molar-refractivity contribution in [3.63, 3.8) is 0 Å². The summed E-state index contributed by atoms with van der Waals surface area (Å²) in [6, 6.07) is 48.9. The first kappa shape index (κ1) is 28.8. The van der Waals surface area contributed by atoms with Gasteiger partial charge in [0, 0.05) is 20.1 Å². The lowest BCUT2D eigenvalue weighted by molar-refractivity contribution is -0.00000676. The van der Waals surface area contributed by atoms with Gasteiger partial charge in [-0.05, 0) is 71.8 Å². The van der Waals surface area contributed by atoms with Crippen LogP contribution in [0.1, 0.15) is 11.1 Å². The Morgan fingerprint density at radius 1 is 0.500 bits per heavy atom. The van der Waals surface area contributed by atoms with E-state index >= 15 is 0 Å². The Kier molecular flexibility index (Phi) is 10.0. The summed E-state index contributed by atoms with van der Waals surface area (Å²) in [5.41, 5.74) is 3.34. The lowest BCUT2D eigenvalue weighted by atomic mass is 9.98. The molecule has 5 aromatic carbocycles. The fourth-order valence-corrected chi connectivity index (χ4v) is 10.7. The van der Waals surface area contributed by atoms with Crippen LogP contribution in [0.15, 0.2) is 144 Å². The Morgan fingerprint density at radius 3 is 1.13 bits per heavy atom.